The van der Waals surface area contributed by atoms with Gasteiger partial charge < -0.3 is 71.0 Å². The van der Waals surface area contributed by atoms with Crippen LogP contribution < -0.4 is 0 Å². The van der Waals surface area contributed by atoms with Crippen molar-refractivity contribution in [3.63, 3.8) is 0 Å². The molecule has 16 nitrogen and oxygen atoms in total. The van der Waals surface area contributed by atoms with Crippen LogP contribution >= 0.6 is 22.7 Å². The van der Waals surface area contributed by atoms with Gasteiger partial charge in [-0.05, 0) is 191 Å². The Morgan fingerprint density at radius 1 is 0.494 bits per heavy atom. The zero-order chi connectivity index (χ0) is 67.0. The van der Waals surface area contributed by atoms with E-state index in [1.54, 1.807) is 17.4 Å². The molecule has 3 fully saturated rings. The van der Waals surface area contributed by atoms with Gasteiger partial charge >= 0.3 is 5.97 Å². The number of benzene rings is 2. The monoisotopic (exact) mass is 1380 g/mol. The summed E-state index contributed by atoms with van der Waals surface area (Å²) in [6.45, 7) is 46.6. The number of cyclic esters (lactones) is 1. The molecule has 24 heteroatoms. The van der Waals surface area contributed by atoms with Crippen molar-refractivity contribution in [3.8, 4) is 0 Å². The quantitative estimate of drug-likeness (QED) is 0.0326. The van der Waals surface area contributed by atoms with Crippen LogP contribution in [0.3, 0.4) is 0 Å². The molecule has 14 atom stereocenters. The van der Waals surface area contributed by atoms with E-state index in [1.165, 1.54) is 26.6 Å². The number of hydrogen-bond donors (Lipinski definition) is 5. The normalized spacial score (nSPS) is 29.0. The fourth-order valence-electron chi connectivity index (χ4n) is 11.1. The molecule has 5 N–H and O–H groups in total. The topological polar surface area (TPSA) is 211 Å². The number of aryl methyl sites for hydroxylation is 2. The van der Waals surface area contributed by atoms with E-state index in [-0.39, 0.29) is 36.5 Å². The van der Waals surface area contributed by atoms with E-state index < -0.39 is 111 Å². The van der Waals surface area contributed by atoms with Gasteiger partial charge in [-0.3, -0.25) is 0 Å². The first kappa shape index (κ1) is 77.8. The Labute approximate surface area is 548 Å². The van der Waals surface area contributed by atoms with E-state index in [9.17, 15) is 30.3 Å². The van der Waals surface area contributed by atoms with Crippen molar-refractivity contribution in [2.24, 2.45) is 0 Å². The molecule has 0 spiro atoms. The van der Waals surface area contributed by atoms with Gasteiger partial charge in [0.15, 0.2) is 56.0 Å². The lowest BCUT2D eigenvalue weighted by Gasteiger charge is -2.54. The number of esters is 1. The molecule has 0 saturated carbocycles. The predicted molar refractivity (Wildman–Crippen MR) is 373 cm³/mol. The lowest BCUT2D eigenvalue weighted by atomic mass is 9.86. The van der Waals surface area contributed by atoms with Crippen LogP contribution in [0.5, 0.6) is 0 Å². The van der Waals surface area contributed by atoms with E-state index in [4.69, 9.17) is 45.5 Å². The van der Waals surface area contributed by atoms with Crippen molar-refractivity contribution in [2.75, 3.05) is 13.7 Å². The highest BCUT2D eigenvalue weighted by molar-refractivity contribution is 7.12. The van der Waals surface area contributed by atoms with Gasteiger partial charge in [-0.25, -0.2) is 4.79 Å². The summed E-state index contributed by atoms with van der Waals surface area (Å²) in [5, 5.41) is 52.9. The Morgan fingerprint density at radius 2 is 0.910 bits per heavy atom. The van der Waals surface area contributed by atoms with E-state index in [2.05, 4.69) is 175 Å². The second-order valence-electron chi connectivity index (χ2n) is 29.6. The van der Waals surface area contributed by atoms with Gasteiger partial charge in [-0.15, -0.1) is 22.7 Å². The first-order valence-corrected chi connectivity index (χ1v) is 54.0. The fourth-order valence-corrected chi connectivity index (χ4v) is 19.5. The third-order valence-corrected chi connectivity index (χ3v) is 23.0. The largest absolute Gasteiger partial charge is 0.458 e. The van der Waals surface area contributed by atoms with Gasteiger partial charge in [-0.2, -0.15) is 0 Å². The van der Waals surface area contributed by atoms with Crippen LogP contribution in [0, 0.1) is 0 Å². The molecule has 5 heterocycles. The third kappa shape index (κ3) is 22.3. The van der Waals surface area contributed by atoms with Gasteiger partial charge in [-0.1, -0.05) is 64.1 Å². The number of aliphatic hydroxyl groups is 5. The number of aliphatic hydroxyl groups excluding tert-OH is 4. The zero-order valence-corrected chi connectivity index (χ0v) is 65.5. The zero-order valence-electron chi connectivity index (χ0n) is 57.8. The summed E-state index contributed by atoms with van der Waals surface area (Å²) >= 11 is 3.61. The van der Waals surface area contributed by atoms with Gasteiger partial charge in [0.2, 0.25) is 11.6 Å². The summed E-state index contributed by atoms with van der Waals surface area (Å²) in [5.41, 5.74) is 3.39. The van der Waals surface area contributed by atoms with Crippen molar-refractivity contribution in [2.45, 2.75) is 269 Å². The molecule has 4 aromatic rings. The summed E-state index contributed by atoms with van der Waals surface area (Å²) < 4.78 is 63.1. The molecule has 3 saturated heterocycles. The summed E-state index contributed by atoms with van der Waals surface area (Å²) in [4.78, 5) is 17.9. The Bertz CT molecular complexity index is 2830. The molecular formula is C65H112O16S2Si6. The Morgan fingerprint density at radius 3 is 1.33 bits per heavy atom. The van der Waals surface area contributed by atoms with Crippen LogP contribution in [0.4, 0.5) is 0 Å². The summed E-state index contributed by atoms with van der Waals surface area (Å²) in [6, 6.07) is 24.3. The van der Waals surface area contributed by atoms with E-state index >= 15 is 0 Å². The average molecular weight is 1380 g/mol. The molecule has 2 unspecified atom stereocenters. The second-order valence-corrected chi connectivity index (χ2v) is 58.8. The molecule has 0 aliphatic carbocycles. The highest BCUT2D eigenvalue weighted by atomic mass is 32.1. The minimum atomic E-state index is -2.13. The Hall–Kier alpha value is -1.95. The fraction of sp³-hybridized carbons (Fsp3) is 0.677. The van der Waals surface area contributed by atoms with Gasteiger partial charge in [0.1, 0.15) is 54.9 Å². The predicted octanol–water partition coefficient (Wildman–Crippen LogP) is 12.7. The van der Waals surface area contributed by atoms with Crippen molar-refractivity contribution >= 4 is 78.5 Å². The number of ether oxygens (including phenoxy) is 4. The molecule has 89 heavy (non-hydrogen) atoms. The molecule has 2 aromatic heterocycles. The highest BCUT2D eigenvalue weighted by Gasteiger charge is 2.59. The summed E-state index contributed by atoms with van der Waals surface area (Å²) in [6.07, 6.45) is -3.84. The number of methoxy groups -OCH3 is 1. The van der Waals surface area contributed by atoms with Crippen molar-refractivity contribution < 1.29 is 75.8 Å². The Balaban J connectivity index is 0.000000251. The van der Waals surface area contributed by atoms with Crippen LogP contribution in [-0.2, 0) is 87.6 Å². The standard InChI is InChI=1S/C29H50O5SSi3.C20H26O6S.C16H36O5Si3/c1-12-23-17-18-24(35-23)20-21-15-14-16-22(19-21)29(30)28(34-38(9,10)11)27(33-37(6,7)8)26(25(13-2)31-29)32-36(3,4)5;1-3-14-7-8-15(27-14)10-12-5-4-6-13(9-12)20(25-2)19(24)18(23)17(22)16(11-21)26-20;1-11-12-13(19-22(2,3)4)14(20-23(5,6)7)15(16(17)18-12)21-24(8,9)10/h14-19,25-28,30H,12-13,20H2,1-11H3;4-9,16-19,21-24H,3,10-11H2,1-2H3;12-15H,11H2,1-10H3/t25-,26-,27+,28-,29?;16-,17-,18+,19-,20?;12-,13-,14+,15-/m111/s1. The molecule has 3 aliphatic rings. The van der Waals surface area contributed by atoms with Crippen molar-refractivity contribution in [3.05, 3.63) is 115 Å². The van der Waals surface area contributed by atoms with Crippen LogP contribution in [0.2, 0.25) is 118 Å². The second kappa shape index (κ2) is 31.7. The molecule has 3 aliphatic heterocycles. The number of carbonyl (C=O) groups excluding carboxylic acids is 1. The molecule has 2 aromatic carbocycles. The SMILES string of the molecule is CC[C@H]1OC(=O)[C@H](O[Si](C)(C)C)[C@@H](O[Si](C)(C)C)[C@@H]1O[Si](C)(C)C.CCc1ccc(Cc2cccc(C3(O)O[C@H](CC)[C@@H](O[Si](C)(C)C)[C@H](O[Si](C)(C)C)[C@H]3O[Si](C)(C)C)c2)s1.CCc1ccc(Cc2cccc(C3(OC)O[C@H](CO)[C@@H](O)[C@H](O)[C@H]3O)c2)s1. The number of hydrogen-bond acceptors (Lipinski definition) is 18. The first-order valence-electron chi connectivity index (χ1n) is 31.9. The van der Waals surface area contributed by atoms with Crippen molar-refractivity contribution in [1.29, 1.82) is 0 Å². The van der Waals surface area contributed by atoms with Gasteiger partial charge in [0.25, 0.3) is 0 Å². The number of carbonyl (C=O) groups is 1. The lowest BCUT2D eigenvalue weighted by molar-refractivity contribution is -0.366. The maximum Gasteiger partial charge on any atom is 0.337 e. The smallest absolute Gasteiger partial charge is 0.337 e. The minimum absolute atomic E-state index is 0.257. The average Bonchev–Trinajstić information content (AvgIpc) is 1.26. The number of rotatable bonds is 24. The minimum Gasteiger partial charge on any atom is -0.458 e. The van der Waals surface area contributed by atoms with Gasteiger partial charge in [0.05, 0.1) is 18.8 Å². The summed E-state index contributed by atoms with van der Waals surface area (Å²) in [5.74, 6) is -3.63. The van der Waals surface area contributed by atoms with Crippen LogP contribution in [0.25, 0.3) is 0 Å². The molecule has 7 rings (SSSR count). The van der Waals surface area contributed by atoms with E-state index in [0.29, 0.717) is 18.4 Å². The highest BCUT2D eigenvalue weighted by Crippen LogP contribution is 2.45. The molecule has 504 valence electrons. The van der Waals surface area contributed by atoms with Crippen LogP contribution in [0.15, 0.2) is 72.8 Å². The lowest BCUT2D eigenvalue weighted by Crippen LogP contribution is -2.68. The third-order valence-electron chi connectivity index (χ3n) is 14.7. The van der Waals surface area contributed by atoms with Crippen LogP contribution in [-0.4, -0.2) is 168 Å². The molecule has 0 amide bonds. The van der Waals surface area contributed by atoms with Crippen molar-refractivity contribution in [1.82, 2.24) is 0 Å². The van der Waals surface area contributed by atoms with E-state index in [0.717, 1.165) is 42.4 Å². The Kier molecular flexibility index (Phi) is 27.7. The number of thiophene rings is 2. The van der Waals surface area contributed by atoms with Crippen LogP contribution in [0.1, 0.15) is 82.3 Å². The van der Waals surface area contributed by atoms with E-state index in [1.807, 2.05) is 48.6 Å². The maximum absolute atomic E-state index is 12.6. The van der Waals surface area contributed by atoms with Gasteiger partial charge in [0, 0.05) is 50.6 Å². The molecular weight excluding hydrogens is 1270 g/mol. The maximum atomic E-state index is 12.6. The summed E-state index contributed by atoms with van der Waals surface area (Å²) in [7, 11) is -10.4. The first-order chi connectivity index (χ1) is 41.0. The molecule has 0 radical (unpaired) electrons. The molecule has 0 bridgehead atoms.